The zero-order valence-corrected chi connectivity index (χ0v) is 19.1. The molecule has 5 heteroatoms. The molecule has 0 aliphatic rings. The van der Waals surface area contributed by atoms with Gasteiger partial charge < -0.3 is 9.30 Å². The quantitative estimate of drug-likeness (QED) is 0.270. The van der Waals surface area contributed by atoms with Crippen LogP contribution in [0.4, 0.5) is 0 Å². The fraction of sp³-hybridized carbons (Fsp3) is 0.231. The maximum atomic E-state index is 12.7. The third-order valence-corrected chi connectivity index (χ3v) is 5.63. The number of carbonyl (C=O) groups is 1. The molecule has 0 aliphatic heterocycles. The Balaban J connectivity index is 1.63. The molecule has 1 heterocycles. The third kappa shape index (κ3) is 4.67. The number of esters is 1. The SMILES string of the molecule is CSc1nc2ccccc2n1Cc1ccc(-c2ccccc2C(=O)OC(C)(C)C)cc1. The Bertz CT molecular complexity index is 1220. The highest BCUT2D eigenvalue weighted by atomic mass is 32.2. The molecule has 4 aromatic rings. The van der Waals surface area contributed by atoms with Crippen molar-refractivity contribution >= 4 is 28.8 Å². The summed E-state index contributed by atoms with van der Waals surface area (Å²) in [5.41, 5.74) is 5.23. The maximum absolute atomic E-state index is 12.7. The molecule has 1 aromatic heterocycles. The fourth-order valence-corrected chi connectivity index (χ4v) is 4.15. The molecule has 4 rings (SSSR count). The first-order valence-electron chi connectivity index (χ1n) is 10.3. The standard InChI is InChI=1S/C26H26N2O2S/c1-26(2,3)30-24(29)21-10-6-5-9-20(21)19-15-13-18(14-16-19)17-28-23-12-8-7-11-22(23)27-25(28)31-4/h5-16H,17H2,1-4H3. The van der Waals surface area contributed by atoms with E-state index in [1.54, 1.807) is 11.8 Å². The molecule has 3 aromatic carbocycles. The number of hydrogen-bond acceptors (Lipinski definition) is 4. The van der Waals surface area contributed by atoms with Gasteiger partial charge >= 0.3 is 5.97 Å². The lowest BCUT2D eigenvalue weighted by atomic mass is 9.98. The summed E-state index contributed by atoms with van der Waals surface area (Å²) in [4.78, 5) is 17.4. The van der Waals surface area contributed by atoms with Gasteiger partial charge in [0.05, 0.1) is 23.1 Å². The Labute approximate surface area is 187 Å². The largest absolute Gasteiger partial charge is 0.456 e. The number of imidazole rings is 1. The van der Waals surface area contributed by atoms with E-state index < -0.39 is 5.60 Å². The number of aromatic nitrogens is 2. The molecule has 0 saturated heterocycles. The van der Waals surface area contributed by atoms with Crippen molar-refractivity contribution < 1.29 is 9.53 Å². The van der Waals surface area contributed by atoms with E-state index in [1.165, 1.54) is 5.56 Å². The summed E-state index contributed by atoms with van der Waals surface area (Å²) in [6.07, 6.45) is 2.05. The zero-order valence-electron chi connectivity index (χ0n) is 18.3. The second kappa shape index (κ2) is 8.60. The van der Waals surface area contributed by atoms with Gasteiger partial charge in [0.15, 0.2) is 5.16 Å². The van der Waals surface area contributed by atoms with Crippen LogP contribution in [0.15, 0.2) is 78.0 Å². The average molecular weight is 431 g/mol. The van der Waals surface area contributed by atoms with Gasteiger partial charge in [-0.2, -0.15) is 0 Å². The van der Waals surface area contributed by atoms with Gasteiger partial charge in [-0.25, -0.2) is 9.78 Å². The van der Waals surface area contributed by atoms with Gasteiger partial charge in [-0.1, -0.05) is 66.4 Å². The van der Waals surface area contributed by atoms with Gasteiger partial charge in [0.1, 0.15) is 5.60 Å². The van der Waals surface area contributed by atoms with Crippen LogP contribution < -0.4 is 0 Å². The summed E-state index contributed by atoms with van der Waals surface area (Å²) in [6, 6.07) is 24.2. The van der Waals surface area contributed by atoms with Crippen LogP contribution in [0.2, 0.25) is 0 Å². The number of fused-ring (bicyclic) bond motifs is 1. The van der Waals surface area contributed by atoms with Crippen LogP contribution in [0.1, 0.15) is 36.7 Å². The van der Waals surface area contributed by atoms with Crippen molar-refractivity contribution in [2.24, 2.45) is 0 Å². The Morgan fingerprint density at radius 1 is 0.968 bits per heavy atom. The number of rotatable bonds is 5. The van der Waals surface area contributed by atoms with Crippen molar-refractivity contribution in [3.63, 3.8) is 0 Å². The molecule has 31 heavy (non-hydrogen) atoms. The Hall–Kier alpha value is -3.05. The van der Waals surface area contributed by atoms with Crippen molar-refractivity contribution in [3.05, 3.63) is 83.9 Å². The smallest absolute Gasteiger partial charge is 0.339 e. The summed E-state index contributed by atoms with van der Waals surface area (Å²) in [5, 5.41) is 1.00. The number of para-hydroxylation sites is 2. The number of benzene rings is 3. The monoisotopic (exact) mass is 430 g/mol. The zero-order chi connectivity index (χ0) is 22.0. The summed E-state index contributed by atoms with van der Waals surface area (Å²) < 4.78 is 7.83. The van der Waals surface area contributed by atoms with E-state index in [0.717, 1.165) is 33.9 Å². The van der Waals surface area contributed by atoms with Gasteiger partial charge in [-0.05, 0) is 61.9 Å². The molecule has 4 nitrogen and oxygen atoms in total. The van der Waals surface area contributed by atoms with Crippen molar-refractivity contribution in [1.29, 1.82) is 0 Å². The third-order valence-electron chi connectivity index (χ3n) is 4.95. The molecule has 0 bridgehead atoms. The minimum Gasteiger partial charge on any atom is -0.456 e. The first-order chi connectivity index (χ1) is 14.9. The van der Waals surface area contributed by atoms with Crippen molar-refractivity contribution in [3.8, 4) is 11.1 Å². The van der Waals surface area contributed by atoms with Crippen molar-refractivity contribution in [2.45, 2.75) is 38.1 Å². The lowest BCUT2D eigenvalue weighted by molar-refractivity contribution is 0.00704. The van der Waals surface area contributed by atoms with Gasteiger partial charge in [0.25, 0.3) is 0 Å². The molecular formula is C26H26N2O2S. The van der Waals surface area contributed by atoms with Crippen LogP contribution >= 0.6 is 11.8 Å². The van der Waals surface area contributed by atoms with Gasteiger partial charge in [0.2, 0.25) is 0 Å². The number of nitrogens with zero attached hydrogens (tertiary/aromatic N) is 2. The predicted octanol–water partition coefficient (Wildman–Crippen LogP) is 6.43. The molecule has 158 valence electrons. The average Bonchev–Trinajstić information content (AvgIpc) is 3.11. The molecule has 0 unspecified atom stereocenters. The molecule has 0 N–H and O–H groups in total. The minimum atomic E-state index is -0.531. The first-order valence-corrected chi connectivity index (χ1v) is 11.5. The van der Waals surface area contributed by atoms with Crippen LogP contribution in [0.5, 0.6) is 0 Å². The lowest BCUT2D eigenvalue weighted by Gasteiger charge is -2.20. The summed E-state index contributed by atoms with van der Waals surface area (Å²) in [5.74, 6) is -0.304. The van der Waals surface area contributed by atoms with Crippen molar-refractivity contribution in [2.75, 3.05) is 6.26 Å². The molecule has 0 radical (unpaired) electrons. The highest BCUT2D eigenvalue weighted by Crippen LogP contribution is 2.28. The van der Waals surface area contributed by atoms with Crippen LogP contribution in [0.3, 0.4) is 0 Å². The Kier molecular flexibility index (Phi) is 5.88. The Morgan fingerprint density at radius 2 is 1.65 bits per heavy atom. The molecule has 0 saturated carbocycles. The number of carbonyl (C=O) groups excluding carboxylic acids is 1. The summed E-state index contributed by atoms with van der Waals surface area (Å²) >= 11 is 1.65. The van der Waals surface area contributed by atoms with Crippen LogP contribution in [0.25, 0.3) is 22.2 Å². The van der Waals surface area contributed by atoms with E-state index in [1.807, 2.05) is 63.2 Å². The van der Waals surface area contributed by atoms with Crippen LogP contribution in [-0.2, 0) is 11.3 Å². The fourth-order valence-electron chi connectivity index (χ4n) is 3.58. The van der Waals surface area contributed by atoms with E-state index in [0.29, 0.717) is 5.56 Å². The van der Waals surface area contributed by atoms with E-state index in [4.69, 9.17) is 9.72 Å². The molecule has 0 aliphatic carbocycles. The summed E-state index contributed by atoms with van der Waals surface area (Å²) in [6.45, 7) is 6.38. The topological polar surface area (TPSA) is 44.1 Å². The Morgan fingerprint density at radius 3 is 2.35 bits per heavy atom. The van der Waals surface area contributed by atoms with Crippen LogP contribution in [0, 0.1) is 0 Å². The molecule has 0 amide bonds. The molecule has 0 atom stereocenters. The lowest BCUT2D eigenvalue weighted by Crippen LogP contribution is -2.24. The molecule has 0 fully saturated rings. The number of hydrogen-bond donors (Lipinski definition) is 0. The molecular weight excluding hydrogens is 404 g/mol. The van der Waals surface area contributed by atoms with Crippen LogP contribution in [-0.4, -0.2) is 27.4 Å². The number of thioether (sulfide) groups is 1. The second-order valence-electron chi connectivity index (χ2n) is 8.42. The highest BCUT2D eigenvalue weighted by Gasteiger charge is 2.20. The van der Waals surface area contributed by atoms with Crippen molar-refractivity contribution in [1.82, 2.24) is 9.55 Å². The normalized spacial score (nSPS) is 11.6. The van der Waals surface area contributed by atoms with Gasteiger partial charge in [-0.15, -0.1) is 0 Å². The maximum Gasteiger partial charge on any atom is 0.339 e. The van der Waals surface area contributed by atoms with E-state index >= 15 is 0 Å². The van der Waals surface area contributed by atoms with E-state index in [-0.39, 0.29) is 5.97 Å². The van der Waals surface area contributed by atoms with Gasteiger partial charge in [-0.3, -0.25) is 0 Å². The molecule has 0 spiro atoms. The number of ether oxygens (including phenoxy) is 1. The minimum absolute atomic E-state index is 0.304. The van der Waals surface area contributed by atoms with E-state index in [2.05, 4.69) is 41.2 Å². The summed E-state index contributed by atoms with van der Waals surface area (Å²) in [7, 11) is 0. The van der Waals surface area contributed by atoms with E-state index in [9.17, 15) is 4.79 Å². The predicted molar refractivity (Wildman–Crippen MR) is 128 cm³/mol. The second-order valence-corrected chi connectivity index (χ2v) is 9.19. The van der Waals surface area contributed by atoms with Gasteiger partial charge in [0, 0.05) is 0 Å². The highest BCUT2D eigenvalue weighted by molar-refractivity contribution is 7.98. The first kappa shape index (κ1) is 21.2.